The van der Waals surface area contributed by atoms with E-state index >= 15 is 0 Å². The van der Waals surface area contributed by atoms with Crippen molar-refractivity contribution in [2.45, 2.75) is 20.4 Å². The zero-order valence-electron chi connectivity index (χ0n) is 11.4. The van der Waals surface area contributed by atoms with Crippen LogP contribution in [0.15, 0.2) is 36.4 Å². The van der Waals surface area contributed by atoms with Gasteiger partial charge in [0.1, 0.15) is 5.75 Å². The average Bonchev–Trinajstić information content (AvgIpc) is 2.42. The maximum atomic E-state index is 12.3. The lowest BCUT2D eigenvalue weighted by Gasteiger charge is -2.12. The van der Waals surface area contributed by atoms with Gasteiger partial charge in [0.05, 0.1) is 5.56 Å². The van der Waals surface area contributed by atoms with Crippen LogP contribution in [0.2, 0.25) is 5.02 Å². The van der Waals surface area contributed by atoms with Crippen LogP contribution in [0.4, 0.5) is 0 Å². The van der Waals surface area contributed by atoms with Crippen LogP contribution in [0.25, 0.3) is 0 Å². The number of benzene rings is 2. The molecule has 0 fully saturated rings. The van der Waals surface area contributed by atoms with E-state index in [-0.39, 0.29) is 0 Å². The van der Waals surface area contributed by atoms with Gasteiger partial charge in [-0.2, -0.15) is 0 Å². The van der Waals surface area contributed by atoms with Crippen molar-refractivity contribution in [2.24, 2.45) is 5.73 Å². The summed E-state index contributed by atoms with van der Waals surface area (Å²) in [6.45, 7) is 4.01. The first-order valence-electron chi connectivity index (χ1n) is 6.30. The Morgan fingerprint density at radius 1 is 1.20 bits per heavy atom. The Morgan fingerprint density at radius 2 is 1.80 bits per heavy atom. The molecule has 2 aromatic carbocycles. The first-order chi connectivity index (χ1) is 9.52. The van der Waals surface area contributed by atoms with Gasteiger partial charge in [0, 0.05) is 11.6 Å². The second-order valence-corrected chi connectivity index (χ2v) is 5.06. The first kappa shape index (κ1) is 14.6. The summed E-state index contributed by atoms with van der Waals surface area (Å²) < 4.78 is 5.51. The maximum absolute atomic E-state index is 12.3. The van der Waals surface area contributed by atoms with Gasteiger partial charge in [0.25, 0.3) is 0 Å². The molecule has 20 heavy (non-hydrogen) atoms. The van der Waals surface area contributed by atoms with Gasteiger partial charge in [0.2, 0.25) is 0 Å². The normalized spacial score (nSPS) is 10.4. The SMILES string of the molecule is Cc1cc(Cl)cc(C)c1OC(=O)c1ccccc1CN. The van der Waals surface area contributed by atoms with Crippen molar-refractivity contribution in [3.05, 3.63) is 63.7 Å². The van der Waals surface area contributed by atoms with E-state index in [9.17, 15) is 4.79 Å². The molecule has 0 saturated carbocycles. The molecule has 0 radical (unpaired) electrons. The van der Waals surface area contributed by atoms with Crippen LogP contribution in [0.5, 0.6) is 5.75 Å². The van der Waals surface area contributed by atoms with E-state index in [4.69, 9.17) is 22.1 Å². The molecule has 0 spiro atoms. The minimum atomic E-state index is -0.403. The van der Waals surface area contributed by atoms with E-state index in [0.29, 0.717) is 22.9 Å². The Hall–Kier alpha value is -1.84. The molecular formula is C16H16ClNO2. The maximum Gasteiger partial charge on any atom is 0.343 e. The van der Waals surface area contributed by atoms with Gasteiger partial charge >= 0.3 is 5.97 Å². The summed E-state index contributed by atoms with van der Waals surface area (Å²) >= 11 is 5.97. The Kier molecular flexibility index (Phi) is 4.42. The fraction of sp³-hybridized carbons (Fsp3) is 0.188. The van der Waals surface area contributed by atoms with Crippen molar-refractivity contribution in [3.8, 4) is 5.75 Å². The van der Waals surface area contributed by atoms with Crippen LogP contribution in [-0.2, 0) is 6.54 Å². The fourth-order valence-corrected chi connectivity index (χ4v) is 2.43. The lowest BCUT2D eigenvalue weighted by molar-refractivity contribution is 0.0731. The zero-order chi connectivity index (χ0) is 14.7. The lowest BCUT2D eigenvalue weighted by Crippen LogP contribution is -2.14. The largest absolute Gasteiger partial charge is 0.422 e. The number of nitrogens with two attached hydrogens (primary N) is 1. The third kappa shape index (κ3) is 3.00. The van der Waals surface area contributed by atoms with E-state index in [2.05, 4.69) is 0 Å². The summed E-state index contributed by atoms with van der Waals surface area (Å²) in [5, 5.41) is 0.627. The number of carbonyl (C=O) groups is 1. The molecule has 0 aromatic heterocycles. The second kappa shape index (κ2) is 6.07. The molecule has 0 atom stereocenters. The van der Waals surface area contributed by atoms with E-state index in [1.807, 2.05) is 26.0 Å². The van der Waals surface area contributed by atoms with Gasteiger partial charge in [-0.3, -0.25) is 0 Å². The summed E-state index contributed by atoms with van der Waals surface area (Å²) in [6.07, 6.45) is 0. The predicted molar refractivity (Wildman–Crippen MR) is 80.2 cm³/mol. The Labute approximate surface area is 123 Å². The van der Waals surface area contributed by atoms with E-state index < -0.39 is 5.97 Å². The molecule has 0 aliphatic heterocycles. The number of carbonyl (C=O) groups excluding carboxylic acids is 1. The summed E-state index contributed by atoms with van der Waals surface area (Å²) in [5.74, 6) is 0.144. The minimum Gasteiger partial charge on any atom is -0.422 e. The van der Waals surface area contributed by atoms with E-state index in [1.54, 1.807) is 24.3 Å². The van der Waals surface area contributed by atoms with Crippen LogP contribution >= 0.6 is 11.6 Å². The highest BCUT2D eigenvalue weighted by Crippen LogP contribution is 2.28. The van der Waals surface area contributed by atoms with E-state index in [1.165, 1.54) is 0 Å². The molecule has 3 nitrogen and oxygen atoms in total. The van der Waals surface area contributed by atoms with Crippen LogP contribution < -0.4 is 10.5 Å². The summed E-state index contributed by atoms with van der Waals surface area (Å²) in [4.78, 5) is 12.3. The van der Waals surface area contributed by atoms with Gasteiger partial charge in [-0.05, 0) is 48.7 Å². The minimum absolute atomic E-state index is 0.295. The smallest absolute Gasteiger partial charge is 0.343 e. The van der Waals surface area contributed by atoms with Gasteiger partial charge in [-0.25, -0.2) is 4.79 Å². The molecule has 0 aliphatic carbocycles. The number of aryl methyl sites for hydroxylation is 2. The number of rotatable bonds is 3. The summed E-state index contributed by atoms with van der Waals surface area (Å²) in [5.41, 5.74) is 8.55. The number of hydrogen-bond donors (Lipinski definition) is 1. The van der Waals surface area contributed by atoms with Crippen molar-refractivity contribution < 1.29 is 9.53 Å². The van der Waals surface area contributed by atoms with Crippen LogP contribution in [0.3, 0.4) is 0 Å². The van der Waals surface area contributed by atoms with Crippen LogP contribution in [-0.4, -0.2) is 5.97 Å². The number of ether oxygens (including phenoxy) is 1. The lowest BCUT2D eigenvalue weighted by atomic mass is 10.1. The molecule has 0 amide bonds. The second-order valence-electron chi connectivity index (χ2n) is 4.62. The molecule has 2 N–H and O–H groups in total. The third-order valence-electron chi connectivity index (χ3n) is 3.08. The molecule has 104 valence electrons. The molecule has 0 bridgehead atoms. The number of hydrogen-bond acceptors (Lipinski definition) is 3. The highest BCUT2D eigenvalue weighted by molar-refractivity contribution is 6.30. The first-order valence-corrected chi connectivity index (χ1v) is 6.67. The molecule has 0 aliphatic rings. The molecule has 2 aromatic rings. The molecule has 4 heteroatoms. The third-order valence-corrected chi connectivity index (χ3v) is 3.30. The summed E-state index contributed by atoms with van der Waals surface area (Å²) in [7, 11) is 0. The molecular weight excluding hydrogens is 274 g/mol. The Balaban J connectivity index is 2.33. The molecule has 0 unspecified atom stereocenters. The zero-order valence-corrected chi connectivity index (χ0v) is 12.2. The quantitative estimate of drug-likeness (QED) is 0.693. The van der Waals surface area contributed by atoms with Gasteiger partial charge in [0.15, 0.2) is 0 Å². The summed E-state index contributed by atoms with van der Waals surface area (Å²) in [6, 6.07) is 10.7. The Morgan fingerprint density at radius 3 is 2.40 bits per heavy atom. The van der Waals surface area contributed by atoms with Crippen LogP contribution in [0.1, 0.15) is 27.0 Å². The predicted octanol–water partition coefficient (Wildman–Crippen LogP) is 3.63. The standard InChI is InChI=1S/C16H16ClNO2/c1-10-7-13(17)8-11(2)15(10)20-16(19)14-6-4-3-5-12(14)9-18/h3-8H,9,18H2,1-2H3. The van der Waals surface area contributed by atoms with Gasteiger partial charge in [-0.15, -0.1) is 0 Å². The highest BCUT2D eigenvalue weighted by atomic mass is 35.5. The number of halogens is 1. The van der Waals surface area contributed by atoms with E-state index in [0.717, 1.165) is 16.7 Å². The number of esters is 1. The average molecular weight is 290 g/mol. The monoisotopic (exact) mass is 289 g/mol. The van der Waals surface area contributed by atoms with Crippen molar-refractivity contribution in [1.29, 1.82) is 0 Å². The Bertz CT molecular complexity index is 630. The topological polar surface area (TPSA) is 52.3 Å². The van der Waals surface area contributed by atoms with Crippen LogP contribution in [0, 0.1) is 13.8 Å². The van der Waals surface area contributed by atoms with Gasteiger partial charge in [-0.1, -0.05) is 29.8 Å². The molecule has 2 rings (SSSR count). The fourth-order valence-electron chi connectivity index (χ4n) is 2.10. The van der Waals surface area contributed by atoms with Crippen molar-refractivity contribution in [2.75, 3.05) is 0 Å². The van der Waals surface area contributed by atoms with Gasteiger partial charge < -0.3 is 10.5 Å². The van der Waals surface area contributed by atoms with Crippen molar-refractivity contribution >= 4 is 17.6 Å². The molecule has 0 heterocycles. The highest BCUT2D eigenvalue weighted by Gasteiger charge is 2.15. The molecule has 0 saturated heterocycles. The van der Waals surface area contributed by atoms with Crippen molar-refractivity contribution in [3.63, 3.8) is 0 Å². The van der Waals surface area contributed by atoms with Crippen molar-refractivity contribution in [1.82, 2.24) is 0 Å².